The zero-order valence-corrected chi connectivity index (χ0v) is 7.64. The first-order valence-electron chi connectivity index (χ1n) is 4.66. The number of piperidine rings is 1. The predicted octanol–water partition coefficient (Wildman–Crippen LogP) is 1.08. The number of carbonyl (C=O) groups is 1. The maximum Gasteiger partial charge on any atom is 0.302 e. The van der Waals surface area contributed by atoms with Crippen molar-refractivity contribution in [3.05, 3.63) is 0 Å². The highest BCUT2D eigenvalue weighted by Crippen LogP contribution is 2.09. The second-order valence-corrected chi connectivity index (χ2v) is 3.28. The molecule has 1 rings (SSSR count). The van der Waals surface area contributed by atoms with E-state index in [1.165, 1.54) is 26.2 Å². The molecule has 1 fully saturated rings. The van der Waals surface area contributed by atoms with Gasteiger partial charge in [0, 0.05) is 13.0 Å². The maximum absolute atomic E-state index is 10.4. The van der Waals surface area contributed by atoms with Crippen molar-refractivity contribution in [3.63, 3.8) is 0 Å². The van der Waals surface area contributed by atoms with Crippen LogP contribution < -0.4 is 5.32 Å². The summed E-state index contributed by atoms with van der Waals surface area (Å²) in [5.74, 6) is -0.175. The molecule has 0 radical (unpaired) electrons. The zero-order chi connectivity index (χ0) is 8.81. The maximum atomic E-state index is 10.4. The minimum atomic E-state index is -0.175. The first-order chi connectivity index (χ1) is 5.79. The first-order valence-corrected chi connectivity index (χ1v) is 4.66. The third-order valence-electron chi connectivity index (χ3n) is 2.18. The predicted molar refractivity (Wildman–Crippen MR) is 46.9 cm³/mol. The van der Waals surface area contributed by atoms with Crippen molar-refractivity contribution in [3.8, 4) is 0 Å². The molecular weight excluding hydrogens is 154 g/mol. The molecule has 0 aromatic carbocycles. The van der Waals surface area contributed by atoms with E-state index in [-0.39, 0.29) is 5.97 Å². The lowest BCUT2D eigenvalue weighted by molar-refractivity contribution is -0.141. The Morgan fingerprint density at radius 3 is 3.00 bits per heavy atom. The first kappa shape index (κ1) is 9.52. The van der Waals surface area contributed by atoms with Crippen LogP contribution in [-0.2, 0) is 9.53 Å². The molecule has 0 bridgehead atoms. The molecule has 1 atom stereocenters. The van der Waals surface area contributed by atoms with Gasteiger partial charge in [-0.15, -0.1) is 0 Å². The van der Waals surface area contributed by atoms with Crippen LogP contribution in [0, 0.1) is 0 Å². The third kappa shape index (κ3) is 3.72. The third-order valence-corrected chi connectivity index (χ3v) is 2.18. The molecule has 1 N–H and O–H groups in total. The highest BCUT2D eigenvalue weighted by molar-refractivity contribution is 5.65. The van der Waals surface area contributed by atoms with Gasteiger partial charge in [0.1, 0.15) is 0 Å². The summed E-state index contributed by atoms with van der Waals surface area (Å²) in [7, 11) is 0. The van der Waals surface area contributed by atoms with E-state index in [1.54, 1.807) is 0 Å². The number of rotatable bonds is 3. The Hall–Kier alpha value is -0.570. The lowest BCUT2D eigenvalue weighted by Crippen LogP contribution is -2.34. The zero-order valence-electron chi connectivity index (χ0n) is 7.64. The van der Waals surface area contributed by atoms with E-state index in [0.29, 0.717) is 12.6 Å². The molecule has 1 aliphatic rings. The molecule has 70 valence electrons. The minimum absolute atomic E-state index is 0.175. The van der Waals surface area contributed by atoms with Crippen LogP contribution in [0.5, 0.6) is 0 Å². The summed E-state index contributed by atoms with van der Waals surface area (Å²) < 4.78 is 4.87. The largest absolute Gasteiger partial charge is 0.466 e. The number of hydrogen-bond acceptors (Lipinski definition) is 3. The highest BCUT2D eigenvalue weighted by Gasteiger charge is 2.11. The van der Waals surface area contributed by atoms with E-state index in [9.17, 15) is 4.79 Å². The monoisotopic (exact) mass is 171 g/mol. The Balaban J connectivity index is 2.01. The quantitative estimate of drug-likeness (QED) is 0.646. The van der Waals surface area contributed by atoms with Crippen LogP contribution in [0.2, 0.25) is 0 Å². The van der Waals surface area contributed by atoms with Gasteiger partial charge in [-0.1, -0.05) is 6.42 Å². The average molecular weight is 171 g/mol. The molecule has 0 spiro atoms. The van der Waals surface area contributed by atoms with Gasteiger partial charge >= 0.3 is 5.97 Å². The molecular formula is C9H17NO2. The number of ether oxygens (including phenoxy) is 1. The van der Waals surface area contributed by atoms with Crippen LogP contribution in [0.25, 0.3) is 0 Å². The normalized spacial score (nSPS) is 23.6. The van der Waals surface area contributed by atoms with Crippen LogP contribution in [0.3, 0.4) is 0 Å². The standard InChI is InChI=1S/C9H17NO2/c1-8(11)12-7-5-9-4-2-3-6-10-9/h9-10H,2-7H2,1H3/t9-/m1/s1. The minimum Gasteiger partial charge on any atom is -0.466 e. The molecule has 0 saturated carbocycles. The van der Waals surface area contributed by atoms with E-state index in [2.05, 4.69) is 5.32 Å². The molecule has 0 aromatic heterocycles. The van der Waals surface area contributed by atoms with Crippen LogP contribution >= 0.6 is 0 Å². The smallest absolute Gasteiger partial charge is 0.302 e. The van der Waals surface area contributed by atoms with Crippen LogP contribution in [0.1, 0.15) is 32.6 Å². The van der Waals surface area contributed by atoms with Crippen molar-refractivity contribution in [1.82, 2.24) is 5.32 Å². The van der Waals surface area contributed by atoms with Crippen LogP contribution in [0.15, 0.2) is 0 Å². The van der Waals surface area contributed by atoms with Crippen LogP contribution in [-0.4, -0.2) is 25.2 Å². The van der Waals surface area contributed by atoms with E-state index < -0.39 is 0 Å². The summed E-state index contributed by atoms with van der Waals surface area (Å²) in [5, 5.41) is 3.40. The number of nitrogens with one attached hydrogen (secondary N) is 1. The SMILES string of the molecule is CC(=O)OCC[C@H]1CCCCN1. The van der Waals surface area contributed by atoms with Gasteiger partial charge in [-0.2, -0.15) is 0 Å². The fourth-order valence-electron chi connectivity index (χ4n) is 1.52. The summed E-state index contributed by atoms with van der Waals surface area (Å²) >= 11 is 0. The van der Waals surface area contributed by atoms with Gasteiger partial charge in [0.25, 0.3) is 0 Å². The summed E-state index contributed by atoms with van der Waals surface area (Å²) in [6.45, 7) is 3.13. The Kier molecular flexibility index (Phi) is 4.08. The highest BCUT2D eigenvalue weighted by atomic mass is 16.5. The van der Waals surface area contributed by atoms with Crippen molar-refractivity contribution < 1.29 is 9.53 Å². The van der Waals surface area contributed by atoms with Gasteiger partial charge in [0.2, 0.25) is 0 Å². The van der Waals surface area contributed by atoms with E-state index in [1.807, 2.05) is 0 Å². The lowest BCUT2D eigenvalue weighted by atomic mass is 10.0. The fourth-order valence-corrected chi connectivity index (χ4v) is 1.52. The van der Waals surface area contributed by atoms with E-state index in [4.69, 9.17) is 4.74 Å². The van der Waals surface area contributed by atoms with E-state index >= 15 is 0 Å². The number of carbonyl (C=O) groups excluding carboxylic acids is 1. The van der Waals surface area contributed by atoms with Crippen LogP contribution in [0.4, 0.5) is 0 Å². The molecule has 3 nitrogen and oxygen atoms in total. The summed E-state index contributed by atoms with van der Waals surface area (Å²) in [6, 6.07) is 0.568. The van der Waals surface area contributed by atoms with Gasteiger partial charge in [-0.25, -0.2) is 0 Å². The molecule has 1 heterocycles. The number of esters is 1. The average Bonchev–Trinajstić information content (AvgIpc) is 2.05. The van der Waals surface area contributed by atoms with Gasteiger partial charge in [0.05, 0.1) is 6.61 Å². The Morgan fingerprint density at radius 2 is 2.42 bits per heavy atom. The topological polar surface area (TPSA) is 38.3 Å². The van der Waals surface area contributed by atoms with Crippen molar-refractivity contribution in [2.45, 2.75) is 38.6 Å². The van der Waals surface area contributed by atoms with Crippen molar-refractivity contribution in [1.29, 1.82) is 0 Å². The van der Waals surface area contributed by atoms with Gasteiger partial charge in [-0.05, 0) is 25.8 Å². The van der Waals surface area contributed by atoms with Gasteiger partial charge in [-0.3, -0.25) is 4.79 Å². The molecule has 3 heteroatoms. The second kappa shape index (κ2) is 5.14. The fraction of sp³-hybridized carbons (Fsp3) is 0.889. The second-order valence-electron chi connectivity index (χ2n) is 3.28. The Morgan fingerprint density at radius 1 is 1.58 bits per heavy atom. The summed E-state index contributed by atoms with van der Waals surface area (Å²) in [4.78, 5) is 10.4. The molecule has 12 heavy (non-hydrogen) atoms. The molecule has 0 aliphatic carbocycles. The van der Waals surface area contributed by atoms with Gasteiger partial charge in [0.15, 0.2) is 0 Å². The Bertz CT molecular complexity index is 141. The lowest BCUT2D eigenvalue weighted by Gasteiger charge is -2.22. The molecule has 1 aliphatic heterocycles. The Labute approximate surface area is 73.5 Å². The van der Waals surface area contributed by atoms with Crippen molar-refractivity contribution >= 4 is 5.97 Å². The van der Waals surface area contributed by atoms with Crippen molar-refractivity contribution in [2.24, 2.45) is 0 Å². The van der Waals surface area contributed by atoms with Gasteiger partial charge < -0.3 is 10.1 Å². The van der Waals surface area contributed by atoms with E-state index in [0.717, 1.165) is 13.0 Å². The molecule has 1 saturated heterocycles. The summed E-state index contributed by atoms with van der Waals surface area (Å²) in [6.07, 6.45) is 4.77. The number of hydrogen-bond donors (Lipinski definition) is 1. The molecule has 0 aromatic rings. The molecule has 0 amide bonds. The summed E-state index contributed by atoms with van der Waals surface area (Å²) in [5.41, 5.74) is 0. The molecule has 0 unspecified atom stereocenters. The van der Waals surface area contributed by atoms with Crippen molar-refractivity contribution in [2.75, 3.05) is 13.2 Å².